The number of rotatable bonds is 9. The molecule has 1 aromatic carbocycles. The summed E-state index contributed by atoms with van der Waals surface area (Å²) in [6, 6.07) is 12.4. The van der Waals surface area contributed by atoms with Crippen molar-refractivity contribution < 1.29 is 4.92 Å². The Balaban J connectivity index is 0.00000364. The number of aliphatic imine (C=N–C) groups is 1. The molecule has 0 aliphatic heterocycles. The SMILES string of the molecule is CCNC(=NCCc1ccccn1)NCCNc1ccccc1[N+](=O)[O-].I. The quantitative estimate of drug-likeness (QED) is 0.126. The van der Waals surface area contributed by atoms with Crippen molar-refractivity contribution in [3.63, 3.8) is 0 Å². The third kappa shape index (κ3) is 8.20. The Bertz CT molecular complexity index is 727. The summed E-state index contributed by atoms with van der Waals surface area (Å²) in [4.78, 5) is 19.4. The molecule has 8 nitrogen and oxygen atoms in total. The summed E-state index contributed by atoms with van der Waals surface area (Å²) >= 11 is 0. The van der Waals surface area contributed by atoms with Gasteiger partial charge in [-0.2, -0.15) is 0 Å². The highest BCUT2D eigenvalue weighted by Gasteiger charge is 2.11. The molecule has 0 fully saturated rings. The van der Waals surface area contributed by atoms with Crippen LogP contribution >= 0.6 is 24.0 Å². The Kier molecular flexibility index (Phi) is 10.8. The summed E-state index contributed by atoms with van der Waals surface area (Å²) in [5.74, 6) is 0.716. The van der Waals surface area contributed by atoms with Crippen LogP contribution in [0, 0.1) is 10.1 Å². The van der Waals surface area contributed by atoms with E-state index in [2.05, 4.69) is 25.9 Å². The lowest BCUT2D eigenvalue weighted by atomic mass is 10.2. The number of hydrogen-bond acceptors (Lipinski definition) is 5. The molecule has 0 unspecified atom stereocenters. The standard InChI is InChI=1S/C18H24N6O2.HI/c1-2-19-18(22-12-10-15-7-5-6-11-20-15)23-14-13-21-16-8-3-4-9-17(16)24(25)26;/h3-9,11,21H,2,10,12-14H2,1H3,(H2,19,22,23);1H. The van der Waals surface area contributed by atoms with E-state index in [-0.39, 0.29) is 34.6 Å². The molecule has 1 aromatic heterocycles. The maximum Gasteiger partial charge on any atom is 0.292 e. The molecule has 3 N–H and O–H groups in total. The van der Waals surface area contributed by atoms with Gasteiger partial charge >= 0.3 is 0 Å². The highest BCUT2D eigenvalue weighted by molar-refractivity contribution is 14.0. The highest BCUT2D eigenvalue weighted by atomic mass is 127. The Morgan fingerprint density at radius 3 is 2.63 bits per heavy atom. The Morgan fingerprint density at radius 2 is 1.93 bits per heavy atom. The second kappa shape index (κ2) is 12.8. The van der Waals surface area contributed by atoms with Crippen molar-refractivity contribution in [3.8, 4) is 0 Å². The fourth-order valence-electron chi connectivity index (χ4n) is 2.33. The molecule has 0 atom stereocenters. The Hall–Kier alpha value is -2.43. The number of pyridine rings is 1. The van der Waals surface area contributed by atoms with E-state index in [1.807, 2.05) is 25.1 Å². The van der Waals surface area contributed by atoms with E-state index in [0.717, 1.165) is 18.7 Å². The number of benzene rings is 1. The molecule has 0 bridgehead atoms. The maximum atomic E-state index is 11.0. The number of hydrogen-bond donors (Lipinski definition) is 3. The summed E-state index contributed by atoms with van der Waals surface area (Å²) in [5.41, 5.74) is 1.59. The number of nitrogens with zero attached hydrogens (tertiary/aromatic N) is 3. The zero-order valence-corrected chi connectivity index (χ0v) is 17.6. The zero-order chi connectivity index (χ0) is 18.6. The van der Waals surface area contributed by atoms with Gasteiger partial charge in [-0.3, -0.25) is 20.1 Å². The van der Waals surface area contributed by atoms with E-state index in [1.165, 1.54) is 6.07 Å². The number of nitro benzene ring substituents is 1. The molecule has 2 aromatic rings. The number of halogens is 1. The van der Waals surface area contributed by atoms with Crippen LogP contribution in [0.25, 0.3) is 0 Å². The van der Waals surface area contributed by atoms with Gasteiger partial charge in [0, 0.05) is 50.6 Å². The molecular formula is C18H25IN6O2. The highest BCUT2D eigenvalue weighted by Crippen LogP contribution is 2.22. The number of guanidine groups is 1. The molecule has 0 saturated heterocycles. The van der Waals surface area contributed by atoms with E-state index < -0.39 is 0 Å². The van der Waals surface area contributed by atoms with Gasteiger partial charge in [0.2, 0.25) is 0 Å². The summed E-state index contributed by atoms with van der Waals surface area (Å²) < 4.78 is 0. The molecule has 0 aliphatic carbocycles. The molecule has 2 rings (SSSR count). The molecule has 1 heterocycles. The van der Waals surface area contributed by atoms with Crippen LogP contribution in [0.4, 0.5) is 11.4 Å². The smallest absolute Gasteiger partial charge is 0.292 e. The van der Waals surface area contributed by atoms with Crippen molar-refractivity contribution in [2.75, 3.05) is 31.5 Å². The molecule has 0 spiro atoms. The van der Waals surface area contributed by atoms with Crippen molar-refractivity contribution in [2.24, 2.45) is 4.99 Å². The van der Waals surface area contributed by atoms with Gasteiger partial charge in [-0.05, 0) is 25.1 Å². The summed E-state index contributed by atoms with van der Waals surface area (Å²) in [6.07, 6.45) is 2.54. The van der Waals surface area contributed by atoms with Gasteiger partial charge in [0.1, 0.15) is 5.69 Å². The summed E-state index contributed by atoms with van der Waals surface area (Å²) in [5, 5.41) is 20.5. The van der Waals surface area contributed by atoms with Crippen molar-refractivity contribution in [3.05, 3.63) is 64.5 Å². The number of nitrogens with one attached hydrogen (secondary N) is 3. The molecule has 146 valence electrons. The third-order valence-electron chi connectivity index (χ3n) is 3.54. The minimum Gasteiger partial charge on any atom is -0.378 e. The first kappa shape index (κ1) is 22.6. The van der Waals surface area contributed by atoms with Crippen LogP contribution in [0.5, 0.6) is 0 Å². The van der Waals surface area contributed by atoms with E-state index in [4.69, 9.17) is 0 Å². The van der Waals surface area contributed by atoms with Crippen molar-refractivity contribution >= 4 is 41.3 Å². The fourth-order valence-corrected chi connectivity index (χ4v) is 2.33. The lowest BCUT2D eigenvalue weighted by molar-refractivity contribution is -0.384. The van der Waals surface area contributed by atoms with E-state index in [9.17, 15) is 10.1 Å². The first-order valence-corrected chi connectivity index (χ1v) is 8.60. The second-order valence-corrected chi connectivity index (χ2v) is 5.46. The summed E-state index contributed by atoms with van der Waals surface area (Å²) in [7, 11) is 0. The molecular weight excluding hydrogens is 459 g/mol. The molecule has 0 saturated carbocycles. The first-order valence-electron chi connectivity index (χ1n) is 8.60. The predicted molar refractivity (Wildman–Crippen MR) is 119 cm³/mol. The Morgan fingerprint density at radius 1 is 1.15 bits per heavy atom. The van der Waals surface area contributed by atoms with Gasteiger partial charge in [-0.25, -0.2) is 0 Å². The van der Waals surface area contributed by atoms with Gasteiger partial charge in [0.05, 0.1) is 4.92 Å². The number of aromatic nitrogens is 1. The first-order chi connectivity index (χ1) is 12.7. The predicted octanol–water partition coefficient (Wildman–Crippen LogP) is 2.82. The average molecular weight is 484 g/mol. The third-order valence-corrected chi connectivity index (χ3v) is 3.54. The lowest BCUT2D eigenvalue weighted by Gasteiger charge is -2.12. The summed E-state index contributed by atoms with van der Waals surface area (Å²) in [6.45, 7) is 4.51. The van der Waals surface area contributed by atoms with Crippen molar-refractivity contribution in [1.29, 1.82) is 0 Å². The second-order valence-electron chi connectivity index (χ2n) is 5.46. The molecule has 27 heavy (non-hydrogen) atoms. The zero-order valence-electron chi connectivity index (χ0n) is 15.2. The van der Waals surface area contributed by atoms with E-state index in [0.29, 0.717) is 31.3 Å². The topological polar surface area (TPSA) is 104 Å². The Labute approximate surface area is 176 Å². The van der Waals surface area contributed by atoms with Crippen LogP contribution in [0.1, 0.15) is 12.6 Å². The van der Waals surface area contributed by atoms with Gasteiger partial charge < -0.3 is 16.0 Å². The van der Waals surface area contributed by atoms with Gasteiger partial charge in [-0.15, -0.1) is 24.0 Å². The molecule has 9 heteroatoms. The van der Waals surface area contributed by atoms with Crippen LogP contribution in [-0.4, -0.2) is 42.0 Å². The average Bonchev–Trinajstić information content (AvgIpc) is 2.66. The monoisotopic (exact) mass is 484 g/mol. The number of nitro groups is 1. The van der Waals surface area contributed by atoms with Crippen LogP contribution in [-0.2, 0) is 6.42 Å². The van der Waals surface area contributed by atoms with E-state index >= 15 is 0 Å². The number of para-hydroxylation sites is 2. The molecule has 0 aliphatic rings. The molecule has 0 radical (unpaired) electrons. The van der Waals surface area contributed by atoms with Crippen molar-refractivity contribution in [1.82, 2.24) is 15.6 Å². The van der Waals surface area contributed by atoms with Crippen LogP contribution in [0.2, 0.25) is 0 Å². The van der Waals surface area contributed by atoms with Crippen LogP contribution in [0.15, 0.2) is 53.7 Å². The fraction of sp³-hybridized carbons (Fsp3) is 0.333. The van der Waals surface area contributed by atoms with E-state index in [1.54, 1.807) is 24.4 Å². The minimum absolute atomic E-state index is 0. The van der Waals surface area contributed by atoms with Crippen molar-refractivity contribution in [2.45, 2.75) is 13.3 Å². The maximum absolute atomic E-state index is 11.0. The minimum atomic E-state index is -0.390. The van der Waals surface area contributed by atoms with Gasteiger partial charge in [0.25, 0.3) is 5.69 Å². The van der Waals surface area contributed by atoms with Crippen LogP contribution < -0.4 is 16.0 Å². The number of anilines is 1. The van der Waals surface area contributed by atoms with Gasteiger partial charge in [0.15, 0.2) is 5.96 Å². The lowest BCUT2D eigenvalue weighted by Crippen LogP contribution is -2.39. The largest absolute Gasteiger partial charge is 0.378 e. The normalized spacial score (nSPS) is 10.6. The van der Waals surface area contributed by atoms with Gasteiger partial charge in [-0.1, -0.05) is 18.2 Å². The van der Waals surface area contributed by atoms with Crippen LogP contribution in [0.3, 0.4) is 0 Å². The molecule has 0 amide bonds.